The number of ether oxygens (including phenoxy) is 2. The van der Waals surface area contributed by atoms with Crippen molar-refractivity contribution in [1.82, 2.24) is 0 Å². The highest BCUT2D eigenvalue weighted by Crippen LogP contribution is 2.15. The Bertz CT molecular complexity index is 296. The summed E-state index contributed by atoms with van der Waals surface area (Å²) in [4.78, 5) is 23.5. The van der Waals surface area contributed by atoms with Crippen molar-refractivity contribution in [2.45, 2.75) is 59.7 Å². The number of hydrogen-bond acceptors (Lipinski definition) is 4. The summed E-state index contributed by atoms with van der Waals surface area (Å²) < 4.78 is 10.2. The van der Waals surface area contributed by atoms with Crippen LogP contribution in [0.1, 0.15) is 48.5 Å². The lowest BCUT2D eigenvalue weighted by atomic mass is 10.1. The van der Waals surface area contributed by atoms with E-state index in [1.807, 2.05) is 0 Å². The van der Waals surface area contributed by atoms with Crippen LogP contribution in [0.3, 0.4) is 0 Å². The van der Waals surface area contributed by atoms with Crippen molar-refractivity contribution in [3.63, 3.8) is 0 Å². The molecule has 0 saturated heterocycles. The smallest absolute Gasteiger partial charge is 0.345 e. The molecule has 0 unspecified atom stereocenters. The Morgan fingerprint density at radius 2 is 1.12 bits per heavy atom. The average molecular weight is 242 g/mol. The molecule has 0 aliphatic rings. The van der Waals surface area contributed by atoms with Crippen molar-refractivity contribution in [2.24, 2.45) is 0 Å². The number of carbonyl (C=O) groups is 2. The fourth-order valence-electron chi connectivity index (χ4n) is 0.985. The van der Waals surface area contributed by atoms with Crippen LogP contribution in [0.25, 0.3) is 0 Å². The predicted molar refractivity (Wildman–Crippen MR) is 65.4 cm³/mol. The summed E-state index contributed by atoms with van der Waals surface area (Å²) in [5, 5.41) is 0. The van der Waals surface area contributed by atoms with E-state index in [9.17, 15) is 9.59 Å². The van der Waals surface area contributed by atoms with Gasteiger partial charge in [0.25, 0.3) is 0 Å². The number of hydrogen-bond donors (Lipinski definition) is 0. The highest BCUT2D eigenvalue weighted by atomic mass is 16.6. The third-order valence-electron chi connectivity index (χ3n) is 1.53. The van der Waals surface area contributed by atoms with Gasteiger partial charge in [-0.1, -0.05) is 6.08 Å². The van der Waals surface area contributed by atoms with Crippen molar-refractivity contribution < 1.29 is 19.1 Å². The van der Waals surface area contributed by atoms with Crippen LogP contribution in [0.2, 0.25) is 0 Å². The highest BCUT2D eigenvalue weighted by molar-refractivity contribution is 6.14. The Morgan fingerprint density at radius 1 is 0.824 bits per heavy atom. The second-order valence-electron chi connectivity index (χ2n) is 5.71. The van der Waals surface area contributed by atoms with E-state index in [0.29, 0.717) is 0 Å². The Morgan fingerprint density at radius 3 is 1.29 bits per heavy atom. The molecule has 0 amide bonds. The van der Waals surface area contributed by atoms with Gasteiger partial charge in [0, 0.05) is 0 Å². The summed E-state index contributed by atoms with van der Waals surface area (Å²) in [6, 6.07) is 0. The van der Waals surface area contributed by atoms with Crippen molar-refractivity contribution in [2.75, 3.05) is 0 Å². The molecule has 0 N–H and O–H groups in total. The molecule has 0 aromatic rings. The van der Waals surface area contributed by atoms with E-state index in [4.69, 9.17) is 9.47 Å². The maximum atomic E-state index is 11.7. The number of esters is 2. The lowest BCUT2D eigenvalue weighted by Crippen LogP contribution is -2.31. The van der Waals surface area contributed by atoms with Gasteiger partial charge in [0.05, 0.1) is 0 Å². The molecule has 0 aliphatic carbocycles. The first-order valence-electron chi connectivity index (χ1n) is 5.59. The zero-order valence-electron chi connectivity index (χ0n) is 11.7. The molecule has 0 spiro atoms. The average Bonchev–Trinajstić information content (AvgIpc) is 1.96. The SMILES string of the molecule is CC=C(C(=O)OC(C)(C)C)C(=O)OC(C)(C)C. The van der Waals surface area contributed by atoms with Gasteiger partial charge in [-0.25, -0.2) is 9.59 Å². The van der Waals surface area contributed by atoms with Crippen LogP contribution in [0.15, 0.2) is 11.6 Å². The Kier molecular flexibility index (Phi) is 4.93. The summed E-state index contributed by atoms with van der Waals surface area (Å²) >= 11 is 0. The molecule has 17 heavy (non-hydrogen) atoms. The van der Waals surface area contributed by atoms with Gasteiger partial charge in [-0.3, -0.25) is 0 Å². The van der Waals surface area contributed by atoms with Gasteiger partial charge in [-0.2, -0.15) is 0 Å². The zero-order chi connectivity index (χ0) is 13.9. The van der Waals surface area contributed by atoms with Crippen LogP contribution in [0, 0.1) is 0 Å². The second kappa shape index (κ2) is 5.34. The van der Waals surface area contributed by atoms with Gasteiger partial charge in [0.2, 0.25) is 0 Å². The molecular formula is C13H22O4. The van der Waals surface area contributed by atoms with Gasteiger partial charge < -0.3 is 9.47 Å². The molecule has 0 aliphatic heterocycles. The largest absolute Gasteiger partial charge is 0.456 e. The molecule has 98 valence electrons. The van der Waals surface area contributed by atoms with E-state index in [0.717, 1.165) is 0 Å². The van der Waals surface area contributed by atoms with Gasteiger partial charge in [-0.05, 0) is 48.5 Å². The minimum atomic E-state index is -0.658. The monoisotopic (exact) mass is 242 g/mol. The minimum absolute atomic E-state index is 0.0742. The van der Waals surface area contributed by atoms with E-state index in [2.05, 4.69) is 0 Å². The van der Waals surface area contributed by atoms with Crippen LogP contribution in [0.4, 0.5) is 0 Å². The quantitative estimate of drug-likeness (QED) is 0.323. The van der Waals surface area contributed by atoms with Crippen LogP contribution >= 0.6 is 0 Å². The third-order valence-corrected chi connectivity index (χ3v) is 1.53. The molecule has 0 rings (SSSR count). The maximum Gasteiger partial charge on any atom is 0.345 e. The van der Waals surface area contributed by atoms with Crippen molar-refractivity contribution in [3.05, 3.63) is 11.6 Å². The fourth-order valence-corrected chi connectivity index (χ4v) is 0.985. The third kappa shape index (κ3) is 6.76. The Balaban J connectivity index is 4.77. The van der Waals surface area contributed by atoms with E-state index in [1.165, 1.54) is 6.08 Å². The van der Waals surface area contributed by atoms with E-state index in [1.54, 1.807) is 48.5 Å². The molecule has 4 heteroatoms. The van der Waals surface area contributed by atoms with Crippen LogP contribution in [-0.4, -0.2) is 23.1 Å². The Labute approximate surface area is 103 Å². The number of carbonyl (C=O) groups excluding carboxylic acids is 2. The Hall–Kier alpha value is -1.32. The summed E-state index contributed by atoms with van der Waals surface area (Å²) in [7, 11) is 0. The van der Waals surface area contributed by atoms with Gasteiger partial charge in [-0.15, -0.1) is 0 Å². The lowest BCUT2D eigenvalue weighted by Gasteiger charge is -2.22. The molecule has 0 aromatic carbocycles. The predicted octanol–water partition coefficient (Wildman–Crippen LogP) is 2.62. The van der Waals surface area contributed by atoms with Gasteiger partial charge in [0.1, 0.15) is 16.8 Å². The summed E-state index contributed by atoms with van der Waals surface area (Å²) in [5.41, 5.74) is -1.34. The molecular weight excluding hydrogens is 220 g/mol. The van der Waals surface area contributed by atoms with Crippen LogP contribution in [0.5, 0.6) is 0 Å². The lowest BCUT2D eigenvalue weighted by molar-refractivity contribution is -0.158. The van der Waals surface area contributed by atoms with Gasteiger partial charge >= 0.3 is 11.9 Å². The molecule has 0 fully saturated rings. The minimum Gasteiger partial charge on any atom is -0.456 e. The molecule has 0 bridgehead atoms. The van der Waals surface area contributed by atoms with E-state index < -0.39 is 23.1 Å². The normalized spacial score (nSPS) is 11.7. The standard InChI is InChI=1S/C13H22O4/c1-8-9(10(14)16-12(2,3)4)11(15)17-13(5,6)7/h8H,1-7H3. The topological polar surface area (TPSA) is 52.6 Å². The summed E-state index contributed by atoms with van der Waals surface area (Å²) in [6.07, 6.45) is 1.40. The molecule has 0 saturated carbocycles. The molecule has 0 aromatic heterocycles. The highest BCUT2D eigenvalue weighted by Gasteiger charge is 2.28. The molecule has 0 heterocycles. The van der Waals surface area contributed by atoms with Crippen molar-refractivity contribution in [1.29, 1.82) is 0 Å². The number of allylic oxidation sites excluding steroid dienone is 1. The van der Waals surface area contributed by atoms with Gasteiger partial charge in [0.15, 0.2) is 0 Å². The molecule has 4 nitrogen and oxygen atoms in total. The fraction of sp³-hybridized carbons (Fsp3) is 0.692. The van der Waals surface area contributed by atoms with Crippen LogP contribution in [-0.2, 0) is 19.1 Å². The van der Waals surface area contributed by atoms with E-state index in [-0.39, 0.29) is 5.57 Å². The van der Waals surface area contributed by atoms with Crippen molar-refractivity contribution in [3.8, 4) is 0 Å². The summed E-state index contributed by atoms with van der Waals surface area (Å²) in [6.45, 7) is 12.1. The maximum absolute atomic E-state index is 11.7. The summed E-state index contributed by atoms with van der Waals surface area (Å²) in [5.74, 6) is -1.32. The molecule has 0 atom stereocenters. The van der Waals surface area contributed by atoms with Crippen LogP contribution < -0.4 is 0 Å². The number of rotatable bonds is 2. The second-order valence-corrected chi connectivity index (χ2v) is 5.71. The first-order chi connectivity index (χ1) is 7.46. The first-order valence-corrected chi connectivity index (χ1v) is 5.59. The molecule has 0 radical (unpaired) electrons. The van der Waals surface area contributed by atoms with Crippen molar-refractivity contribution >= 4 is 11.9 Å². The zero-order valence-corrected chi connectivity index (χ0v) is 11.7. The van der Waals surface area contributed by atoms with E-state index >= 15 is 0 Å². The first kappa shape index (κ1) is 15.7.